The molecule has 0 N–H and O–H groups in total. The Morgan fingerprint density at radius 3 is 2.56 bits per heavy atom. The van der Waals surface area contributed by atoms with Crippen molar-refractivity contribution in [3.05, 3.63) is 29.8 Å². The first kappa shape index (κ1) is 17.6. The summed E-state index contributed by atoms with van der Waals surface area (Å²) in [6, 6.07) is 6.01. The maximum absolute atomic E-state index is 12.3. The number of benzene rings is 1. The normalized spacial score (nSPS) is 24.7. The highest BCUT2D eigenvalue weighted by Crippen LogP contribution is 2.26. The number of hydrogen-bond donors (Lipinski definition) is 0. The van der Waals surface area contributed by atoms with E-state index in [0.29, 0.717) is 26.1 Å². The number of nitrogens with zero attached hydrogens (tertiary/aromatic N) is 3. The van der Waals surface area contributed by atoms with Gasteiger partial charge in [-0.25, -0.2) is 0 Å². The number of carbonyl (C=O) groups excluding carboxylic acids is 2. The standard InChI is InChI=1S/C17H21F2N3O3/c1-11-16(24)20(2)10-14-21(8-7-15(23)22(11)14)9-12-3-5-13(6-4-12)25-17(18)19/h3-6,11,14,17H,7-10H2,1-2H3/t11-,14?/m0/s1. The van der Waals surface area contributed by atoms with Crippen molar-refractivity contribution in [1.82, 2.24) is 14.7 Å². The summed E-state index contributed by atoms with van der Waals surface area (Å²) in [6.45, 7) is 0.538. The smallest absolute Gasteiger partial charge is 0.387 e. The zero-order chi connectivity index (χ0) is 18.1. The third-order valence-electron chi connectivity index (χ3n) is 4.77. The van der Waals surface area contributed by atoms with Crippen LogP contribution in [-0.4, -0.2) is 65.5 Å². The molecule has 0 aliphatic carbocycles. The van der Waals surface area contributed by atoms with Gasteiger partial charge in [0.15, 0.2) is 0 Å². The van der Waals surface area contributed by atoms with Crippen molar-refractivity contribution in [3.63, 3.8) is 0 Å². The van der Waals surface area contributed by atoms with Crippen LogP contribution in [0.3, 0.4) is 0 Å². The van der Waals surface area contributed by atoms with Gasteiger partial charge in [-0.15, -0.1) is 0 Å². The fraction of sp³-hybridized carbons (Fsp3) is 0.529. The largest absolute Gasteiger partial charge is 0.435 e. The first-order valence-corrected chi connectivity index (χ1v) is 8.20. The average Bonchev–Trinajstić information content (AvgIpc) is 2.56. The molecule has 2 heterocycles. The number of carbonyl (C=O) groups is 2. The van der Waals surface area contributed by atoms with Crippen molar-refractivity contribution in [2.75, 3.05) is 20.1 Å². The number of ether oxygens (including phenoxy) is 1. The number of alkyl halides is 2. The first-order chi connectivity index (χ1) is 11.9. The minimum Gasteiger partial charge on any atom is -0.435 e. The molecule has 3 rings (SSSR count). The van der Waals surface area contributed by atoms with Gasteiger partial charge in [-0.2, -0.15) is 8.78 Å². The summed E-state index contributed by atoms with van der Waals surface area (Å²) in [4.78, 5) is 29.9. The van der Waals surface area contributed by atoms with Gasteiger partial charge < -0.3 is 14.5 Å². The average molecular weight is 353 g/mol. The minimum atomic E-state index is -2.84. The molecule has 1 aromatic rings. The highest BCUT2D eigenvalue weighted by molar-refractivity contribution is 5.89. The molecule has 2 amide bonds. The van der Waals surface area contributed by atoms with Gasteiger partial charge in [0.05, 0.1) is 6.54 Å². The summed E-state index contributed by atoms with van der Waals surface area (Å²) in [5.74, 6) is 0.0571. The summed E-state index contributed by atoms with van der Waals surface area (Å²) < 4.78 is 28.8. The monoisotopic (exact) mass is 353 g/mol. The second-order valence-electron chi connectivity index (χ2n) is 6.42. The van der Waals surface area contributed by atoms with E-state index in [4.69, 9.17) is 0 Å². The molecule has 0 saturated carbocycles. The van der Waals surface area contributed by atoms with E-state index in [-0.39, 0.29) is 23.7 Å². The molecule has 6 nitrogen and oxygen atoms in total. The van der Waals surface area contributed by atoms with Crippen LogP contribution in [0.4, 0.5) is 8.78 Å². The molecule has 2 aliphatic rings. The van der Waals surface area contributed by atoms with Crippen LogP contribution < -0.4 is 4.74 Å². The Kier molecular flexibility index (Phi) is 4.89. The van der Waals surface area contributed by atoms with Gasteiger partial charge in [-0.3, -0.25) is 14.5 Å². The molecule has 0 spiro atoms. The summed E-state index contributed by atoms with van der Waals surface area (Å²) in [7, 11) is 1.74. The zero-order valence-electron chi connectivity index (χ0n) is 14.2. The lowest BCUT2D eigenvalue weighted by Crippen LogP contribution is -2.69. The van der Waals surface area contributed by atoms with Crippen molar-refractivity contribution < 1.29 is 23.1 Å². The number of hydrogen-bond acceptors (Lipinski definition) is 4. The van der Waals surface area contributed by atoms with Gasteiger partial charge in [0.1, 0.15) is 18.0 Å². The van der Waals surface area contributed by atoms with Crippen LogP contribution in [0.2, 0.25) is 0 Å². The second-order valence-corrected chi connectivity index (χ2v) is 6.42. The topological polar surface area (TPSA) is 53.1 Å². The van der Waals surface area contributed by atoms with Crippen molar-refractivity contribution in [1.29, 1.82) is 0 Å². The van der Waals surface area contributed by atoms with E-state index in [1.54, 1.807) is 35.9 Å². The fourth-order valence-corrected chi connectivity index (χ4v) is 3.51. The number of fused-ring (bicyclic) bond motifs is 1. The molecule has 2 aliphatic heterocycles. The van der Waals surface area contributed by atoms with Crippen LogP contribution in [0, 0.1) is 0 Å². The number of amides is 2. The van der Waals surface area contributed by atoms with E-state index < -0.39 is 12.7 Å². The fourth-order valence-electron chi connectivity index (χ4n) is 3.51. The Bertz CT molecular complexity index is 653. The van der Waals surface area contributed by atoms with E-state index >= 15 is 0 Å². The maximum atomic E-state index is 12.3. The highest BCUT2D eigenvalue weighted by atomic mass is 19.3. The van der Waals surface area contributed by atoms with Crippen LogP contribution in [-0.2, 0) is 16.1 Å². The molecule has 2 saturated heterocycles. The third kappa shape index (κ3) is 3.58. The van der Waals surface area contributed by atoms with Gasteiger partial charge in [0.25, 0.3) is 0 Å². The van der Waals surface area contributed by atoms with Crippen LogP contribution in [0.25, 0.3) is 0 Å². The van der Waals surface area contributed by atoms with Crippen LogP contribution >= 0.6 is 0 Å². The molecule has 1 unspecified atom stereocenters. The Balaban J connectivity index is 1.73. The van der Waals surface area contributed by atoms with E-state index in [1.165, 1.54) is 12.1 Å². The predicted molar refractivity (Wildman–Crippen MR) is 85.8 cm³/mol. The quantitative estimate of drug-likeness (QED) is 0.823. The number of rotatable bonds is 4. The molecule has 0 bridgehead atoms. The first-order valence-electron chi connectivity index (χ1n) is 8.20. The second kappa shape index (κ2) is 6.95. The summed E-state index contributed by atoms with van der Waals surface area (Å²) >= 11 is 0. The van der Waals surface area contributed by atoms with Crippen LogP contribution in [0.5, 0.6) is 5.75 Å². The van der Waals surface area contributed by atoms with Gasteiger partial charge in [0, 0.05) is 26.6 Å². The number of likely N-dealkylation sites (N-methyl/N-ethyl adjacent to an activating group) is 1. The maximum Gasteiger partial charge on any atom is 0.387 e. The van der Waals surface area contributed by atoms with E-state index in [0.717, 1.165) is 5.56 Å². The zero-order valence-corrected chi connectivity index (χ0v) is 14.2. The Morgan fingerprint density at radius 1 is 1.24 bits per heavy atom. The van der Waals surface area contributed by atoms with Crippen molar-refractivity contribution in [2.45, 2.75) is 38.7 Å². The van der Waals surface area contributed by atoms with Gasteiger partial charge in [0.2, 0.25) is 11.8 Å². The summed E-state index contributed by atoms with van der Waals surface area (Å²) in [5.41, 5.74) is 0.933. The van der Waals surface area contributed by atoms with E-state index in [1.807, 2.05) is 0 Å². The molecule has 0 radical (unpaired) electrons. The minimum absolute atomic E-state index is 0.00381. The highest BCUT2D eigenvalue weighted by Gasteiger charge is 2.44. The number of piperazine rings is 1. The predicted octanol–water partition coefficient (Wildman–Crippen LogP) is 1.51. The molecule has 0 aromatic heterocycles. The molecular weight excluding hydrogens is 332 g/mol. The molecule has 136 valence electrons. The lowest BCUT2D eigenvalue weighted by molar-refractivity contribution is -0.167. The lowest BCUT2D eigenvalue weighted by atomic mass is 10.0. The lowest BCUT2D eigenvalue weighted by Gasteiger charge is -2.51. The van der Waals surface area contributed by atoms with E-state index in [9.17, 15) is 18.4 Å². The van der Waals surface area contributed by atoms with Crippen molar-refractivity contribution in [3.8, 4) is 5.75 Å². The molecule has 2 fully saturated rings. The Labute approximate surface area is 144 Å². The molecule has 25 heavy (non-hydrogen) atoms. The Morgan fingerprint density at radius 2 is 1.92 bits per heavy atom. The van der Waals surface area contributed by atoms with Gasteiger partial charge in [-0.05, 0) is 24.6 Å². The molecular formula is C17H21F2N3O3. The molecule has 1 aromatic carbocycles. The van der Waals surface area contributed by atoms with Crippen LogP contribution in [0.15, 0.2) is 24.3 Å². The number of halogens is 2. The van der Waals surface area contributed by atoms with Gasteiger partial charge in [-0.1, -0.05) is 12.1 Å². The van der Waals surface area contributed by atoms with E-state index in [2.05, 4.69) is 9.64 Å². The van der Waals surface area contributed by atoms with Gasteiger partial charge >= 0.3 is 6.61 Å². The third-order valence-corrected chi connectivity index (χ3v) is 4.77. The Hall–Kier alpha value is -2.22. The molecule has 8 heteroatoms. The summed E-state index contributed by atoms with van der Waals surface area (Å²) in [5, 5.41) is 0. The SMILES string of the molecule is C[C@H]1C(=O)N(C)CC2N(Cc3ccc(OC(F)F)cc3)CCC(=O)N21. The van der Waals surface area contributed by atoms with Crippen molar-refractivity contribution >= 4 is 11.8 Å². The van der Waals surface area contributed by atoms with Crippen molar-refractivity contribution in [2.24, 2.45) is 0 Å². The van der Waals surface area contributed by atoms with Crippen LogP contribution in [0.1, 0.15) is 18.9 Å². The molecule has 2 atom stereocenters. The summed E-state index contributed by atoms with van der Waals surface area (Å²) in [6.07, 6.45) is 0.195.